The summed E-state index contributed by atoms with van der Waals surface area (Å²) in [5, 5.41) is 6.89. The molecule has 0 aliphatic rings. The number of para-hydroxylation sites is 4. The quantitative estimate of drug-likeness (QED) is 0.130. The number of hydrogen-bond acceptors (Lipinski definition) is 3. The first-order chi connectivity index (χ1) is 46.9. The molecule has 95 heavy (non-hydrogen) atoms. The second-order valence-corrected chi connectivity index (χ2v) is 24.9. The van der Waals surface area contributed by atoms with E-state index in [9.17, 15) is 0 Å². The van der Waals surface area contributed by atoms with Gasteiger partial charge in [0.2, 0.25) is 5.95 Å². The highest BCUT2D eigenvalue weighted by Gasteiger charge is 2.25. The maximum absolute atomic E-state index is 5.78. The number of benzene rings is 14. The Morgan fingerprint density at radius 3 is 0.884 bits per heavy atom. The molecule has 0 atom stereocenters. The standard InChI is InChI=1S/C89H60N6/c1-57-39-43-83-75(47-57)71-31-15-19-35-79(71)93(83)81-37-21-17-33-73(81)87-90-88(74-34-18-22-38-82(74)94-80-36-20-16-32-72(80)76-48-58(2)40-44-84(76)94)92-89(91-87)95-85-45-41-63(69-51-65(59-23-7-3-8-24-59)49-66(52-69)60-25-9-4-10-26-60)55-77(85)78-56-64(42-46-86(78)95)70-53-67(61-27-11-5-12-28-61)50-68(54-70)62-29-13-6-14-30-62/h3-56H,1-2H3. The van der Waals surface area contributed by atoms with Gasteiger partial charge in [0.15, 0.2) is 11.6 Å². The predicted molar refractivity (Wildman–Crippen MR) is 396 cm³/mol. The van der Waals surface area contributed by atoms with Crippen molar-refractivity contribution in [2.45, 2.75) is 13.8 Å². The third-order valence-corrected chi connectivity index (χ3v) is 19.0. The summed E-state index contributed by atoms with van der Waals surface area (Å²) in [6.07, 6.45) is 0. The van der Waals surface area contributed by atoms with Crippen molar-refractivity contribution in [1.29, 1.82) is 0 Å². The molecule has 0 saturated heterocycles. The fourth-order valence-corrected chi connectivity index (χ4v) is 14.5. The smallest absolute Gasteiger partial charge is 0.238 e. The van der Waals surface area contributed by atoms with E-state index >= 15 is 0 Å². The van der Waals surface area contributed by atoms with Gasteiger partial charge < -0.3 is 9.13 Å². The summed E-state index contributed by atoms with van der Waals surface area (Å²) in [7, 11) is 0. The normalized spacial score (nSPS) is 11.7. The van der Waals surface area contributed by atoms with Crippen molar-refractivity contribution in [2.24, 2.45) is 0 Å². The molecule has 18 rings (SSSR count). The minimum atomic E-state index is 0.501. The Balaban J connectivity index is 0.918. The lowest BCUT2D eigenvalue weighted by Gasteiger charge is -2.17. The molecule has 0 N–H and O–H groups in total. The van der Waals surface area contributed by atoms with Crippen LogP contribution in [-0.2, 0) is 0 Å². The van der Waals surface area contributed by atoms with Crippen LogP contribution in [0.15, 0.2) is 328 Å². The fraction of sp³-hybridized carbons (Fsp3) is 0.0225. The third-order valence-electron chi connectivity index (χ3n) is 19.0. The van der Waals surface area contributed by atoms with Gasteiger partial charge in [-0.1, -0.05) is 217 Å². The average Bonchev–Trinajstić information content (AvgIpc) is 1.61. The van der Waals surface area contributed by atoms with Crippen molar-refractivity contribution in [2.75, 3.05) is 0 Å². The summed E-state index contributed by atoms with van der Waals surface area (Å²) >= 11 is 0. The van der Waals surface area contributed by atoms with E-state index in [0.717, 1.165) is 133 Å². The van der Waals surface area contributed by atoms with Crippen LogP contribution in [0.25, 0.3) is 172 Å². The molecular weight excluding hydrogens is 1150 g/mol. The third kappa shape index (κ3) is 9.61. The molecule has 0 aliphatic carbocycles. The van der Waals surface area contributed by atoms with Crippen molar-refractivity contribution in [3.8, 4) is 107 Å². The van der Waals surface area contributed by atoms with Crippen molar-refractivity contribution >= 4 is 65.4 Å². The number of nitrogens with zero attached hydrogens (tertiary/aromatic N) is 6. The molecule has 14 aromatic carbocycles. The van der Waals surface area contributed by atoms with Crippen LogP contribution in [0.2, 0.25) is 0 Å². The van der Waals surface area contributed by atoms with Crippen molar-refractivity contribution in [3.63, 3.8) is 0 Å². The highest BCUT2D eigenvalue weighted by molar-refractivity contribution is 6.13. The van der Waals surface area contributed by atoms with Gasteiger partial charge in [0.25, 0.3) is 0 Å². The molecule has 0 bridgehead atoms. The number of aromatic nitrogens is 6. The first-order valence-corrected chi connectivity index (χ1v) is 32.5. The van der Waals surface area contributed by atoms with E-state index in [1.165, 1.54) is 32.7 Å². The zero-order valence-corrected chi connectivity index (χ0v) is 52.4. The van der Waals surface area contributed by atoms with Crippen LogP contribution in [0.1, 0.15) is 11.1 Å². The molecule has 0 aliphatic heterocycles. The molecule has 4 heterocycles. The lowest BCUT2D eigenvalue weighted by Crippen LogP contribution is -2.09. The van der Waals surface area contributed by atoms with Gasteiger partial charge in [-0.05, 0) is 202 Å². The maximum atomic E-state index is 5.78. The van der Waals surface area contributed by atoms with Gasteiger partial charge in [-0.2, -0.15) is 9.97 Å². The van der Waals surface area contributed by atoms with Crippen LogP contribution in [-0.4, -0.2) is 28.7 Å². The molecular formula is C89H60N6. The minimum Gasteiger partial charge on any atom is -0.309 e. The fourth-order valence-electron chi connectivity index (χ4n) is 14.5. The zero-order chi connectivity index (χ0) is 63.1. The van der Waals surface area contributed by atoms with E-state index in [4.69, 9.17) is 15.0 Å². The van der Waals surface area contributed by atoms with Crippen LogP contribution in [0.3, 0.4) is 0 Å². The summed E-state index contributed by atoms with van der Waals surface area (Å²) in [4.78, 5) is 17.3. The molecule has 18 aromatic rings. The predicted octanol–water partition coefficient (Wildman–Crippen LogP) is 23.1. The van der Waals surface area contributed by atoms with Gasteiger partial charge in [0.1, 0.15) is 0 Å². The Morgan fingerprint density at radius 2 is 0.495 bits per heavy atom. The molecule has 446 valence electrons. The summed E-state index contributed by atoms with van der Waals surface area (Å²) < 4.78 is 7.04. The molecule has 0 fully saturated rings. The lowest BCUT2D eigenvalue weighted by atomic mass is 9.92. The number of aryl methyl sites for hydroxylation is 2. The molecule has 0 amide bonds. The highest BCUT2D eigenvalue weighted by Crippen LogP contribution is 2.44. The molecule has 0 radical (unpaired) electrons. The summed E-state index contributed by atoms with van der Waals surface area (Å²) in [6.45, 7) is 4.33. The Hall–Kier alpha value is -12.5. The van der Waals surface area contributed by atoms with Crippen LogP contribution in [0.5, 0.6) is 0 Å². The van der Waals surface area contributed by atoms with E-state index in [0.29, 0.717) is 17.6 Å². The summed E-state index contributed by atoms with van der Waals surface area (Å²) in [6, 6.07) is 119. The van der Waals surface area contributed by atoms with Gasteiger partial charge in [-0.25, -0.2) is 4.98 Å². The number of fused-ring (bicyclic) bond motifs is 9. The Bertz CT molecular complexity index is 5560. The zero-order valence-electron chi connectivity index (χ0n) is 52.4. The number of hydrogen-bond donors (Lipinski definition) is 0. The summed E-state index contributed by atoms with van der Waals surface area (Å²) in [5.74, 6) is 1.60. The molecule has 0 unspecified atom stereocenters. The van der Waals surface area contributed by atoms with Crippen LogP contribution in [0, 0.1) is 13.8 Å². The Kier molecular flexibility index (Phi) is 13.2. The second kappa shape index (κ2) is 22.7. The van der Waals surface area contributed by atoms with Gasteiger partial charge >= 0.3 is 0 Å². The van der Waals surface area contributed by atoms with Crippen molar-refractivity contribution < 1.29 is 0 Å². The Morgan fingerprint density at radius 1 is 0.200 bits per heavy atom. The second-order valence-electron chi connectivity index (χ2n) is 24.9. The molecule has 6 heteroatoms. The molecule has 0 spiro atoms. The summed E-state index contributed by atoms with van der Waals surface area (Å²) in [5.41, 5.74) is 26.1. The van der Waals surface area contributed by atoms with E-state index in [1.807, 2.05) is 0 Å². The minimum absolute atomic E-state index is 0.501. The Labute approximate surface area is 550 Å². The van der Waals surface area contributed by atoms with Gasteiger partial charge in [-0.15, -0.1) is 0 Å². The van der Waals surface area contributed by atoms with Crippen molar-refractivity contribution in [1.82, 2.24) is 28.7 Å². The van der Waals surface area contributed by atoms with Crippen LogP contribution >= 0.6 is 0 Å². The SMILES string of the molecule is Cc1ccc2c(c1)c1ccccc1n2-c1ccccc1-c1nc(-c2ccccc2-n2c3ccccc3c3cc(C)ccc32)nc(-n2c3ccc(-c4cc(-c5ccccc5)cc(-c5ccccc5)c4)cc3c3cc(-c4cc(-c5ccccc5)cc(-c5ccccc5)c4)ccc32)n1. The molecule has 0 saturated carbocycles. The van der Waals surface area contributed by atoms with Crippen LogP contribution < -0.4 is 0 Å². The van der Waals surface area contributed by atoms with Gasteiger partial charge in [0, 0.05) is 43.4 Å². The van der Waals surface area contributed by atoms with Gasteiger partial charge in [-0.3, -0.25) is 4.57 Å². The first-order valence-electron chi connectivity index (χ1n) is 32.5. The first kappa shape index (κ1) is 55.3. The van der Waals surface area contributed by atoms with E-state index in [-0.39, 0.29) is 0 Å². The lowest BCUT2D eigenvalue weighted by molar-refractivity contribution is 0.950. The molecule has 6 nitrogen and oxygen atoms in total. The van der Waals surface area contributed by atoms with Crippen LogP contribution in [0.4, 0.5) is 0 Å². The van der Waals surface area contributed by atoms with Crippen molar-refractivity contribution in [3.05, 3.63) is 339 Å². The van der Waals surface area contributed by atoms with E-state index in [1.54, 1.807) is 0 Å². The monoisotopic (exact) mass is 1210 g/mol. The number of rotatable bonds is 11. The largest absolute Gasteiger partial charge is 0.309 e. The van der Waals surface area contributed by atoms with Gasteiger partial charge in [0.05, 0.1) is 44.5 Å². The van der Waals surface area contributed by atoms with E-state index < -0.39 is 0 Å². The topological polar surface area (TPSA) is 53.5 Å². The highest BCUT2D eigenvalue weighted by atomic mass is 15.2. The van der Waals surface area contributed by atoms with E-state index in [2.05, 4.69) is 355 Å². The average molecular weight is 1210 g/mol. The maximum Gasteiger partial charge on any atom is 0.238 e. The molecule has 4 aromatic heterocycles.